The maximum Gasteiger partial charge on any atom is 0.166 e. The molecule has 6 atom stereocenters. The van der Waals surface area contributed by atoms with Gasteiger partial charge in [0, 0.05) is 0 Å². The molecule has 1 saturated carbocycles. The Morgan fingerprint density at radius 1 is 0.900 bits per heavy atom. The Labute approximate surface area is 57.4 Å². The molecular weight excluding hydrogens is 136 g/mol. The van der Waals surface area contributed by atoms with Gasteiger partial charge in [-0.3, -0.25) is 0 Å². The first-order valence-electron chi connectivity index (χ1n) is 3.46. The zero-order valence-electron chi connectivity index (χ0n) is 5.18. The van der Waals surface area contributed by atoms with Crippen LogP contribution in [0.5, 0.6) is 0 Å². The molecule has 0 aromatic carbocycles. The molecule has 0 amide bonds. The summed E-state index contributed by atoms with van der Waals surface area (Å²) in [6.45, 7) is 0. The molecule has 0 aromatic heterocycles. The summed E-state index contributed by atoms with van der Waals surface area (Å²) in [7, 11) is 0. The van der Waals surface area contributed by atoms with Crippen molar-refractivity contribution in [3.63, 3.8) is 0 Å². The summed E-state index contributed by atoms with van der Waals surface area (Å²) in [6.07, 6.45) is -1.85. The summed E-state index contributed by atoms with van der Waals surface area (Å²) in [5, 5.41) is 18.7. The number of rotatable bonds is 0. The van der Waals surface area contributed by atoms with Gasteiger partial charge in [-0.2, -0.15) is 0 Å². The maximum atomic E-state index is 9.33. The Morgan fingerprint density at radius 3 is 1.60 bits per heavy atom. The average Bonchev–Trinajstić information content (AvgIpc) is 2.51. The van der Waals surface area contributed by atoms with E-state index in [4.69, 9.17) is 9.47 Å². The molecule has 3 unspecified atom stereocenters. The van der Waals surface area contributed by atoms with Gasteiger partial charge in [0.15, 0.2) is 6.29 Å². The third-order valence-electron chi connectivity index (χ3n) is 2.68. The minimum Gasteiger partial charge on any atom is -0.390 e. The fraction of sp³-hybridized carbons (Fsp3) is 1.00. The molecule has 56 valence electrons. The van der Waals surface area contributed by atoms with Crippen LogP contribution in [0.1, 0.15) is 0 Å². The van der Waals surface area contributed by atoms with Crippen LogP contribution in [-0.2, 0) is 9.47 Å². The summed E-state index contributed by atoms with van der Waals surface area (Å²) in [5.74, 6) is -0.185. The molecule has 3 aliphatic heterocycles. The predicted octanol–water partition coefficient (Wildman–Crippen LogP) is -1.54. The topological polar surface area (TPSA) is 58.9 Å². The summed E-state index contributed by atoms with van der Waals surface area (Å²) in [5.41, 5.74) is 0. The number of aliphatic hydroxyl groups is 2. The molecule has 4 nitrogen and oxygen atoms in total. The first kappa shape index (κ1) is 5.49. The Balaban J connectivity index is 2.07. The van der Waals surface area contributed by atoms with Crippen LogP contribution in [-0.4, -0.2) is 40.9 Å². The highest BCUT2D eigenvalue weighted by molar-refractivity contribution is 5.11. The lowest BCUT2D eigenvalue weighted by molar-refractivity contribution is -0.0388. The molecule has 0 spiro atoms. The highest BCUT2D eigenvalue weighted by Crippen LogP contribution is 2.50. The molecule has 10 heavy (non-hydrogen) atoms. The van der Waals surface area contributed by atoms with Crippen LogP contribution < -0.4 is 0 Å². The second-order valence-corrected chi connectivity index (χ2v) is 3.13. The second-order valence-electron chi connectivity index (χ2n) is 3.13. The smallest absolute Gasteiger partial charge is 0.166 e. The van der Waals surface area contributed by atoms with Crippen molar-refractivity contribution in [2.45, 2.75) is 30.7 Å². The quantitative estimate of drug-likeness (QED) is 0.432. The van der Waals surface area contributed by atoms with Crippen molar-refractivity contribution in [1.82, 2.24) is 0 Å². The van der Waals surface area contributed by atoms with Crippen LogP contribution in [0.15, 0.2) is 0 Å². The van der Waals surface area contributed by atoms with Gasteiger partial charge in [0.05, 0.1) is 18.1 Å². The van der Waals surface area contributed by atoms with E-state index < -0.39 is 12.2 Å². The van der Waals surface area contributed by atoms with Crippen molar-refractivity contribution >= 4 is 0 Å². The highest BCUT2D eigenvalue weighted by Gasteiger charge is 2.68. The van der Waals surface area contributed by atoms with Gasteiger partial charge in [-0.15, -0.1) is 0 Å². The molecule has 1 aliphatic carbocycles. The SMILES string of the molecule is OC1C2C3O[C@H]([C@@H]1O3)[C@H]2O. The predicted molar refractivity (Wildman–Crippen MR) is 29.0 cm³/mol. The third-order valence-corrected chi connectivity index (χ3v) is 2.68. The molecular formula is C6H8O4. The highest BCUT2D eigenvalue weighted by atomic mass is 16.8. The van der Waals surface area contributed by atoms with E-state index in [0.29, 0.717) is 0 Å². The standard InChI is InChI=1S/C6H8O4/c7-2-1-3(8)5-4(2)9-6(1)10-5/h1-8H/t1?,2-,3?,4-,5+,6?/m0/s1. The van der Waals surface area contributed by atoms with Crippen LogP contribution in [0.3, 0.4) is 0 Å². The van der Waals surface area contributed by atoms with Gasteiger partial charge >= 0.3 is 0 Å². The Morgan fingerprint density at radius 2 is 1.40 bits per heavy atom. The van der Waals surface area contributed by atoms with Crippen molar-refractivity contribution in [1.29, 1.82) is 0 Å². The van der Waals surface area contributed by atoms with Gasteiger partial charge in [-0.05, 0) is 0 Å². The minimum atomic E-state index is -0.501. The van der Waals surface area contributed by atoms with Crippen LogP contribution in [0, 0.1) is 5.92 Å². The molecule has 2 N–H and O–H groups in total. The van der Waals surface area contributed by atoms with E-state index in [2.05, 4.69) is 0 Å². The molecule has 4 bridgehead atoms. The average molecular weight is 144 g/mol. The summed E-state index contributed by atoms with van der Waals surface area (Å²) in [6, 6.07) is 0. The van der Waals surface area contributed by atoms with E-state index in [9.17, 15) is 10.2 Å². The molecule has 4 heteroatoms. The van der Waals surface area contributed by atoms with Gasteiger partial charge in [-0.25, -0.2) is 0 Å². The van der Waals surface area contributed by atoms with E-state index in [0.717, 1.165) is 0 Å². The Bertz CT molecular complexity index is 162. The van der Waals surface area contributed by atoms with E-state index in [1.54, 1.807) is 0 Å². The van der Waals surface area contributed by atoms with Gasteiger partial charge < -0.3 is 19.7 Å². The summed E-state index contributed by atoms with van der Waals surface area (Å²) < 4.78 is 10.4. The first-order chi connectivity index (χ1) is 4.79. The van der Waals surface area contributed by atoms with Crippen molar-refractivity contribution in [2.24, 2.45) is 5.92 Å². The monoisotopic (exact) mass is 144 g/mol. The van der Waals surface area contributed by atoms with Gasteiger partial charge in [0.25, 0.3) is 0 Å². The molecule has 0 radical (unpaired) electrons. The van der Waals surface area contributed by atoms with Crippen molar-refractivity contribution in [2.75, 3.05) is 0 Å². The van der Waals surface area contributed by atoms with Crippen molar-refractivity contribution in [3.05, 3.63) is 0 Å². The first-order valence-corrected chi connectivity index (χ1v) is 3.46. The number of hydrogen-bond acceptors (Lipinski definition) is 4. The molecule has 0 aromatic rings. The fourth-order valence-electron chi connectivity index (χ4n) is 2.19. The lowest BCUT2D eigenvalue weighted by Gasteiger charge is -2.09. The molecule has 3 heterocycles. The van der Waals surface area contributed by atoms with Crippen molar-refractivity contribution < 1.29 is 19.7 Å². The van der Waals surface area contributed by atoms with Crippen LogP contribution in [0.2, 0.25) is 0 Å². The van der Waals surface area contributed by atoms with Gasteiger partial charge in [0.2, 0.25) is 0 Å². The van der Waals surface area contributed by atoms with E-state index in [-0.39, 0.29) is 24.4 Å². The molecule has 4 aliphatic rings. The largest absolute Gasteiger partial charge is 0.390 e. The lowest BCUT2D eigenvalue weighted by Crippen LogP contribution is -2.29. The van der Waals surface area contributed by atoms with Crippen LogP contribution in [0.4, 0.5) is 0 Å². The normalized spacial score (nSPS) is 70.2. The van der Waals surface area contributed by atoms with Gasteiger partial charge in [-0.1, -0.05) is 0 Å². The zero-order chi connectivity index (χ0) is 6.88. The number of aliphatic hydroxyl groups excluding tert-OH is 2. The van der Waals surface area contributed by atoms with Gasteiger partial charge in [0.1, 0.15) is 12.2 Å². The fourth-order valence-corrected chi connectivity index (χ4v) is 2.19. The Kier molecular flexibility index (Phi) is 0.757. The summed E-state index contributed by atoms with van der Waals surface area (Å²) in [4.78, 5) is 0. The number of ether oxygens (including phenoxy) is 2. The number of hydrogen-bond donors (Lipinski definition) is 2. The lowest BCUT2D eigenvalue weighted by atomic mass is 10.1. The molecule has 4 rings (SSSR count). The maximum absolute atomic E-state index is 9.33. The van der Waals surface area contributed by atoms with Crippen LogP contribution in [0.25, 0.3) is 0 Å². The second kappa shape index (κ2) is 1.38. The van der Waals surface area contributed by atoms with E-state index in [1.165, 1.54) is 0 Å². The Hall–Kier alpha value is -0.160. The summed E-state index contributed by atoms with van der Waals surface area (Å²) >= 11 is 0. The molecule has 4 fully saturated rings. The third kappa shape index (κ3) is 0.362. The zero-order valence-corrected chi connectivity index (χ0v) is 5.18. The molecule has 3 saturated heterocycles. The minimum absolute atomic E-state index is 0.185. The van der Waals surface area contributed by atoms with E-state index in [1.807, 2.05) is 0 Å². The van der Waals surface area contributed by atoms with Crippen LogP contribution >= 0.6 is 0 Å². The van der Waals surface area contributed by atoms with Crippen molar-refractivity contribution in [3.8, 4) is 0 Å². The van der Waals surface area contributed by atoms with E-state index >= 15 is 0 Å².